The Labute approximate surface area is 194 Å². The molecular formula is C32H25N. The first-order valence-electron chi connectivity index (χ1n) is 11.6. The van der Waals surface area contributed by atoms with Crippen LogP contribution in [0.3, 0.4) is 0 Å². The summed E-state index contributed by atoms with van der Waals surface area (Å²) in [5.41, 5.74) is 10.4. The highest BCUT2D eigenvalue weighted by Gasteiger charge is 2.25. The minimum atomic E-state index is 0.391. The second kappa shape index (κ2) is 8.18. The smallest absolute Gasteiger partial charge is 0.0702 e. The number of rotatable bonds is 3. The average Bonchev–Trinajstić information content (AvgIpc) is 3.02. The lowest BCUT2D eigenvalue weighted by molar-refractivity contribution is 0.760. The van der Waals surface area contributed by atoms with Crippen LogP contribution in [-0.2, 0) is 12.8 Å². The molecule has 4 aromatic carbocycles. The fraction of sp³-hybridized carbons (Fsp3) is 0.0938. The quantitative estimate of drug-likeness (QED) is 0.385. The summed E-state index contributed by atoms with van der Waals surface area (Å²) >= 11 is 0. The van der Waals surface area contributed by atoms with Crippen LogP contribution in [0.25, 0.3) is 11.6 Å². The first kappa shape index (κ1) is 19.7. The van der Waals surface area contributed by atoms with Gasteiger partial charge in [-0.05, 0) is 63.9 Å². The van der Waals surface area contributed by atoms with Crippen molar-refractivity contribution in [3.63, 3.8) is 0 Å². The Morgan fingerprint density at radius 2 is 1.36 bits per heavy atom. The van der Waals surface area contributed by atoms with Crippen LogP contribution in [0.4, 0.5) is 0 Å². The largest absolute Gasteiger partial charge is 0.256 e. The molecule has 0 N–H and O–H groups in total. The molecule has 0 amide bonds. The SMILES string of the molecule is C=C1C=c2ccccc2=NC=C1c1ccc(CC2c3ccccc3Cc3ccccc32)cc1. The zero-order valence-electron chi connectivity index (χ0n) is 18.5. The Hall–Kier alpha value is -3.97. The summed E-state index contributed by atoms with van der Waals surface area (Å²) in [6.45, 7) is 4.31. The van der Waals surface area contributed by atoms with Gasteiger partial charge in [0.05, 0.1) is 5.36 Å². The Morgan fingerprint density at radius 3 is 2.09 bits per heavy atom. The van der Waals surface area contributed by atoms with Crippen molar-refractivity contribution >= 4 is 11.6 Å². The van der Waals surface area contributed by atoms with Crippen LogP contribution >= 0.6 is 0 Å². The zero-order valence-corrected chi connectivity index (χ0v) is 18.5. The number of allylic oxidation sites excluding steroid dienone is 2. The number of hydrogen-bond donors (Lipinski definition) is 0. The zero-order chi connectivity index (χ0) is 22.2. The fourth-order valence-electron chi connectivity index (χ4n) is 5.19. The van der Waals surface area contributed by atoms with Crippen LogP contribution in [0.2, 0.25) is 0 Å². The molecule has 0 bridgehead atoms. The molecule has 0 saturated carbocycles. The van der Waals surface area contributed by atoms with Crippen molar-refractivity contribution in [3.05, 3.63) is 159 Å². The van der Waals surface area contributed by atoms with Gasteiger partial charge in [0.25, 0.3) is 0 Å². The van der Waals surface area contributed by atoms with E-state index in [4.69, 9.17) is 4.99 Å². The van der Waals surface area contributed by atoms with Crippen LogP contribution in [0.15, 0.2) is 120 Å². The lowest BCUT2D eigenvalue weighted by Gasteiger charge is -2.28. The predicted octanol–water partition coefficient (Wildman–Crippen LogP) is 5.98. The monoisotopic (exact) mass is 423 g/mol. The van der Waals surface area contributed by atoms with E-state index in [-0.39, 0.29) is 0 Å². The van der Waals surface area contributed by atoms with E-state index in [0.29, 0.717) is 5.92 Å². The fourth-order valence-corrected chi connectivity index (χ4v) is 5.19. The van der Waals surface area contributed by atoms with Crippen molar-refractivity contribution in [1.29, 1.82) is 0 Å². The lowest BCUT2D eigenvalue weighted by Crippen LogP contribution is -2.22. The van der Waals surface area contributed by atoms with Gasteiger partial charge in [-0.25, -0.2) is 0 Å². The lowest BCUT2D eigenvalue weighted by atomic mass is 9.75. The van der Waals surface area contributed by atoms with E-state index in [2.05, 4.69) is 91.5 Å². The molecule has 33 heavy (non-hydrogen) atoms. The molecule has 0 unspecified atom stereocenters. The van der Waals surface area contributed by atoms with Crippen LogP contribution < -0.4 is 10.6 Å². The molecular weight excluding hydrogens is 398 g/mol. The first-order valence-corrected chi connectivity index (χ1v) is 11.6. The topological polar surface area (TPSA) is 12.4 Å². The summed E-state index contributed by atoms with van der Waals surface area (Å²) in [4.78, 5) is 4.71. The molecule has 1 nitrogen and oxygen atoms in total. The molecule has 0 spiro atoms. The van der Waals surface area contributed by atoms with E-state index in [9.17, 15) is 0 Å². The second-order valence-corrected chi connectivity index (χ2v) is 8.93. The summed E-state index contributed by atoms with van der Waals surface area (Å²) in [6.07, 6.45) is 6.10. The van der Waals surface area contributed by atoms with E-state index in [1.807, 2.05) is 24.4 Å². The predicted molar refractivity (Wildman–Crippen MR) is 136 cm³/mol. The van der Waals surface area contributed by atoms with Gasteiger partial charge in [0, 0.05) is 22.9 Å². The van der Waals surface area contributed by atoms with Crippen molar-refractivity contribution in [3.8, 4) is 0 Å². The van der Waals surface area contributed by atoms with Gasteiger partial charge in [0.1, 0.15) is 0 Å². The van der Waals surface area contributed by atoms with Gasteiger partial charge in [-0.3, -0.25) is 4.99 Å². The third kappa shape index (κ3) is 3.66. The molecule has 0 atom stereocenters. The third-order valence-corrected chi connectivity index (χ3v) is 6.89. The van der Waals surface area contributed by atoms with Gasteiger partial charge in [0.2, 0.25) is 0 Å². The van der Waals surface area contributed by atoms with E-state index in [1.54, 1.807) is 0 Å². The van der Waals surface area contributed by atoms with E-state index >= 15 is 0 Å². The van der Waals surface area contributed by atoms with Crippen LogP contribution in [0.1, 0.15) is 39.3 Å². The van der Waals surface area contributed by atoms with Crippen molar-refractivity contribution in [2.45, 2.75) is 18.8 Å². The molecule has 0 saturated heterocycles. The molecule has 1 aliphatic heterocycles. The van der Waals surface area contributed by atoms with Crippen LogP contribution in [0.5, 0.6) is 0 Å². The minimum Gasteiger partial charge on any atom is -0.256 e. The third-order valence-electron chi connectivity index (χ3n) is 6.89. The molecule has 4 aromatic rings. The van der Waals surface area contributed by atoms with Crippen LogP contribution in [0, 0.1) is 0 Å². The highest BCUT2D eigenvalue weighted by atomic mass is 14.7. The summed E-state index contributed by atoms with van der Waals surface area (Å²) in [7, 11) is 0. The molecule has 0 radical (unpaired) electrons. The highest BCUT2D eigenvalue weighted by Crippen LogP contribution is 2.38. The van der Waals surface area contributed by atoms with Gasteiger partial charge in [-0.2, -0.15) is 0 Å². The highest BCUT2D eigenvalue weighted by molar-refractivity contribution is 5.87. The standard InChI is InChI=1S/C32H25N/c1-22-18-27-10-4-7-13-32(27)33-21-31(22)24-16-14-23(15-17-24)19-30-28-11-5-2-8-25(28)20-26-9-3-6-12-29(26)30/h2-18,21,30H,1,19-20H2. The number of benzene rings is 4. The molecule has 1 aliphatic carbocycles. The number of fused-ring (bicyclic) bond motifs is 3. The normalized spacial score (nSPS) is 14.7. The summed E-state index contributed by atoms with van der Waals surface area (Å²) in [5.74, 6) is 0.391. The molecule has 158 valence electrons. The van der Waals surface area contributed by atoms with Gasteiger partial charge < -0.3 is 0 Å². The summed E-state index contributed by atoms with van der Waals surface area (Å²) < 4.78 is 0. The van der Waals surface area contributed by atoms with E-state index in [1.165, 1.54) is 27.8 Å². The van der Waals surface area contributed by atoms with Crippen molar-refractivity contribution in [1.82, 2.24) is 0 Å². The van der Waals surface area contributed by atoms with Gasteiger partial charge in [-0.1, -0.05) is 97.6 Å². The van der Waals surface area contributed by atoms with E-state index < -0.39 is 0 Å². The molecule has 0 aromatic heterocycles. The van der Waals surface area contributed by atoms with E-state index in [0.717, 1.165) is 40.1 Å². The summed E-state index contributed by atoms with van der Waals surface area (Å²) in [5, 5.41) is 2.10. The van der Waals surface area contributed by atoms with Gasteiger partial charge in [-0.15, -0.1) is 0 Å². The minimum absolute atomic E-state index is 0.391. The van der Waals surface area contributed by atoms with Gasteiger partial charge in [0.15, 0.2) is 0 Å². The molecule has 6 rings (SSSR count). The summed E-state index contributed by atoms with van der Waals surface area (Å²) in [6, 6.07) is 35.0. The van der Waals surface area contributed by atoms with Crippen molar-refractivity contribution in [2.75, 3.05) is 0 Å². The number of para-hydroxylation sites is 1. The van der Waals surface area contributed by atoms with Crippen molar-refractivity contribution < 1.29 is 0 Å². The Morgan fingerprint density at radius 1 is 0.727 bits per heavy atom. The number of nitrogens with zero attached hydrogens (tertiary/aromatic N) is 1. The molecule has 2 aliphatic rings. The Bertz CT molecular complexity index is 1470. The Kier molecular flexibility index (Phi) is 4.88. The first-order chi connectivity index (χ1) is 16.3. The van der Waals surface area contributed by atoms with Crippen LogP contribution in [-0.4, -0.2) is 0 Å². The Balaban J connectivity index is 1.32. The molecule has 0 fully saturated rings. The average molecular weight is 424 g/mol. The molecule has 1 heteroatoms. The molecule has 1 heterocycles. The van der Waals surface area contributed by atoms with Gasteiger partial charge >= 0.3 is 0 Å². The maximum absolute atomic E-state index is 4.71. The second-order valence-electron chi connectivity index (χ2n) is 8.93. The van der Waals surface area contributed by atoms with Crippen molar-refractivity contribution in [2.24, 2.45) is 4.99 Å². The number of hydrogen-bond acceptors (Lipinski definition) is 1. The maximum Gasteiger partial charge on any atom is 0.0702 e. The maximum atomic E-state index is 4.71.